The van der Waals surface area contributed by atoms with Crippen molar-refractivity contribution in [3.63, 3.8) is 0 Å². The van der Waals surface area contributed by atoms with Crippen molar-refractivity contribution in [3.05, 3.63) is 29.3 Å². The van der Waals surface area contributed by atoms with Crippen molar-refractivity contribution in [2.75, 3.05) is 46.5 Å². The molecule has 0 radical (unpaired) electrons. The molecule has 3 unspecified atom stereocenters. The quantitative estimate of drug-likeness (QED) is 0.313. The first-order valence-electron chi connectivity index (χ1n) is 11.4. The lowest BCUT2D eigenvalue weighted by Crippen LogP contribution is -2.51. The van der Waals surface area contributed by atoms with Crippen LogP contribution in [0.4, 0.5) is 0 Å². The van der Waals surface area contributed by atoms with Gasteiger partial charge in [-0.15, -0.1) is 24.0 Å². The smallest absolute Gasteiger partial charge is 0.191 e. The predicted octanol–water partition coefficient (Wildman–Crippen LogP) is 2.70. The average molecular weight is 544 g/mol. The fraction of sp³-hybridized carbons (Fsp3) is 0.696. The third-order valence-corrected chi connectivity index (χ3v) is 6.30. The first-order chi connectivity index (χ1) is 14.7. The maximum absolute atomic E-state index is 6.11. The van der Waals surface area contributed by atoms with Crippen LogP contribution in [0.25, 0.3) is 0 Å². The Labute approximate surface area is 203 Å². The van der Waals surface area contributed by atoms with Crippen LogP contribution in [-0.4, -0.2) is 75.6 Å². The van der Waals surface area contributed by atoms with Gasteiger partial charge < -0.3 is 24.8 Å². The zero-order valence-corrected chi connectivity index (χ0v) is 21.1. The maximum Gasteiger partial charge on any atom is 0.191 e. The van der Waals surface area contributed by atoms with E-state index in [0.29, 0.717) is 19.2 Å². The molecule has 3 atom stereocenters. The lowest BCUT2D eigenvalue weighted by atomic mass is 10.1. The molecule has 3 fully saturated rings. The second-order valence-electron chi connectivity index (χ2n) is 8.61. The molecule has 0 aromatic heterocycles. The minimum atomic E-state index is 0. The highest BCUT2D eigenvalue weighted by Crippen LogP contribution is 2.23. The second kappa shape index (κ2) is 12.2. The van der Waals surface area contributed by atoms with Gasteiger partial charge in [-0.05, 0) is 50.8 Å². The van der Waals surface area contributed by atoms with Crippen LogP contribution >= 0.6 is 24.0 Å². The highest BCUT2D eigenvalue weighted by atomic mass is 127. The Morgan fingerprint density at radius 2 is 2.10 bits per heavy atom. The molecule has 4 rings (SSSR count). The Bertz CT molecular complexity index is 727. The number of morpholine rings is 1. The average Bonchev–Trinajstić information content (AvgIpc) is 3.45. The zero-order valence-electron chi connectivity index (χ0n) is 18.8. The second-order valence-corrected chi connectivity index (χ2v) is 8.61. The van der Waals surface area contributed by atoms with E-state index in [1.54, 1.807) is 7.05 Å². The van der Waals surface area contributed by atoms with Gasteiger partial charge in [0.2, 0.25) is 0 Å². The molecule has 2 N–H and O–H groups in total. The maximum atomic E-state index is 6.11. The van der Waals surface area contributed by atoms with Crippen molar-refractivity contribution < 1.29 is 14.2 Å². The molecule has 8 heteroatoms. The van der Waals surface area contributed by atoms with Gasteiger partial charge in [-0.2, -0.15) is 0 Å². The number of hydrogen-bond acceptors (Lipinski definition) is 5. The first-order valence-corrected chi connectivity index (χ1v) is 11.4. The van der Waals surface area contributed by atoms with Gasteiger partial charge in [-0.1, -0.05) is 12.1 Å². The fourth-order valence-electron chi connectivity index (χ4n) is 4.52. The first kappa shape index (κ1) is 24.5. The van der Waals surface area contributed by atoms with Gasteiger partial charge in [0.15, 0.2) is 5.96 Å². The minimum absolute atomic E-state index is 0. The number of hydrogen-bond donors (Lipinski definition) is 2. The van der Waals surface area contributed by atoms with Crippen molar-refractivity contribution in [1.29, 1.82) is 0 Å². The molecular formula is C23H37IN4O3. The van der Waals surface area contributed by atoms with Crippen molar-refractivity contribution in [3.8, 4) is 5.75 Å². The SMILES string of the molecule is CN=C(NCc1ccc(C)cc1OCC1CCCO1)NCC1CN2CCCC2CO1.I. The molecule has 0 saturated carbocycles. The molecule has 0 amide bonds. The van der Waals surface area contributed by atoms with Crippen LogP contribution in [0, 0.1) is 6.92 Å². The predicted molar refractivity (Wildman–Crippen MR) is 134 cm³/mol. The number of nitrogens with one attached hydrogen (secondary N) is 2. The topological polar surface area (TPSA) is 67.4 Å². The van der Waals surface area contributed by atoms with E-state index in [9.17, 15) is 0 Å². The van der Waals surface area contributed by atoms with E-state index in [1.165, 1.54) is 24.9 Å². The zero-order chi connectivity index (χ0) is 20.8. The van der Waals surface area contributed by atoms with Gasteiger partial charge >= 0.3 is 0 Å². The molecule has 3 saturated heterocycles. The van der Waals surface area contributed by atoms with Gasteiger partial charge in [0.25, 0.3) is 0 Å². The highest BCUT2D eigenvalue weighted by molar-refractivity contribution is 14.0. The third kappa shape index (κ3) is 6.94. The summed E-state index contributed by atoms with van der Waals surface area (Å²) in [5.41, 5.74) is 2.31. The van der Waals surface area contributed by atoms with Crippen LogP contribution in [0.2, 0.25) is 0 Å². The summed E-state index contributed by atoms with van der Waals surface area (Å²) in [6.07, 6.45) is 5.20. The number of aliphatic imine (C=N–C) groups is 1. The monoisotopic (exact) mass is 544 g/mol. The molecule has 3 aliphatic heterocycles. The molecule has 3 heterocycles. The molecule has 0 aliphatic carbocycles. The largest absolute Gasteiger partial charge is 0.491 e. The van der Waals surface area contributed by atoms with Crippen LogP contribution in [0.5, 0.6) is 5.75 Å². The lowest BCUT2D eigenvalue weighted by molar-refractivity contribution is -0.0453. The molecule has 7 nitrogen and oxygen atoms in total. The Morgan fingerprint density at radius 1 is 1.19 bits per heavy atom. The number of fused-ring (bicyclic) bond motifs is 1. The van der Waals surface area contributed by atoms with Crippen LogP contribution in [-0.2, 0) is 16.0 Å². The Balaban J connectivity index is 0.00000272. The number of guanidine groups is 1. The number of rotatable bonds is 7. The molecule has 31 heavy (non-hydrogen) atoms. The van der Waals surface area contributed by atoms with Crippen molar-refractivity contribution in [2.24, 2.45) is 4.99 Å². The van der Waals surface area contributed by atoms with Crippen molar-refractivity contribution in [1.82, 2.24) is 15.5 Å². The molecule has 3 aliphatic rings. The number of halogens is 1. The van der Waals surface area contributed by atoms with Crippen LogP contribution in [0.3, 0.4) is 0 Å². The normalized spacial score (nSPS) is 26.3. The van der Waals surface area contributed by atoms with E-state index in [0.717, 1.165) is 56.4 Å². The third-order valence-electron chi connectivity index (χ3n) is 6.30. The van der Waals surface area contributed by atoms with Gasteiger partial charge in [-0.25, -0.2) is 0 Å². The van der Waals surface area contributed by atoms with E-state index in [-0.39, 0.29) is 36.2 Å². The summed E-state index contributed by atoms with van der Waals surface area (Å²) in [7, 11) is 1.80. The van der Waals surface area contributed by atoms with Gasteiger partial charge in [0.1, 0.15) is 12.4 Å². The Hall–Kier alpha value is -1.10. The van der Waals surface area contributed by atoms with Crippen molar-refractivity contribution >= 4 is 29.9 Å². The Morgan fingerprint density at radius 3 is 2.90 bits per heavy atom. The summed E-state index contributed by atoms with van der Waals surface area (Å²) in [4.78, 5) is 6.94. The minimum Gasteiger partial charge on any atom is -0.491 e. The molecular weight excluding hydrogens is 507 g/mol. The van der Waals surface area contributed by atoms with E-state index >= 15 is 0 Å². The van der Waals surface area contributed by atoms with Gasteiger partial charge in [0.05, 0.1) is 18.8 Å². The van der Waals surface area contributed by atoms with E-state index in [4.69, 9.17) is 14.2 Å². The van der Waals surface area contributed by atoms with E-state index < -0.39 is 0 Å². The number of nitrogens with zero attached hydrogens (tertiary/aromatic N) is 2. The standard InChI is InChI=1S/C23H36N4O3.HI/c1-17-7-8-18(22(11-17)30-16-20-6-4-10-28-20)12-25-23(24-2)26-13-21-14-27-9-3-5-19(27)15-29-21;/h7-8,11,19-21H,3-6,9-10,12-16H2,1-2H3,(H2,24,25,26);1H. The number of ether oxygens (including phenoxy) is 3. The molecule has 1 aromatic rings. The van der Waals surface area contributed by atoms with Gasteiger partial charge in [0, 0.05) is 44.9 Å². The summed E-state index contributed by atoms with van der Waals surface area (Å²) >= 11 is 0. The number of benzene rings is 1. The Kier molecular flexibility index (Phi) is 9.68. The lowest BCUT2D eigenvalue weighted by Gasteiger charge is -2.35. The van der Waals surface area contributed by atoms with E-state index in [2.05, 4.69) is 45.6 Å². The summed E-state index contributed by atoms with van der Waals surface area (Å²) in [5, 5.41) is 6.84. The highest BCUT2D eigenvalue weighted by Gasteiger charge is 2.32. The molecule has 0 bridgehead atoms. The number of aryl methyl sites for hydroxylation is 1. The van der Waals surface area contributed by atoms with Crippen LogP contribution < -0.4 is 15.4 Å². The van der Waals surface area contributed by atoms with Crippen LogP contribution in [0.15, 0.2) is 23.2 Å². The van der Waals surface area contributed by atoms with Crippen LogP contribution in [0.1, 0.15) is 36.8 Å². The fourth-order valence-corrected chi connectivity index (χ4v) is 4.52. The molecule has 1 aromatic carbocycles. The van der Waals surface area contributed by atoms with E-state index in [1.807, 2.05) is 0 Å². The summed E-state index contributed by atoms with van der Waals surface area (Å²) in [6.45, 7) is 8.04. The molecule has 174 valence electrons. The molecule has 0 spiro atoms. The summed E-state index contributed by atoms with van der Waals surface area (Å²) < 4.78 is 17.8. The summed E-state index contributed by atoms with van der Waals surface area (Å²) in [5.74, 6) is 1.71. The van der Waals surface area contributed by atoms with Gasteiger partial charge in [-0.3, -0.25) is 9.89 Å². The summed E-state index contributed by atoms with van der Waals surface area (Å²) in [6, 6.07) is 6.98. The van der Waals surface area contributed by atoms with Crippen molar-refractivity contribution in [2.45, 2.75) is 57.4 Å².